The van der Waals surface area contributed by atoms with Gasteiger partial charge in [-0.05, 0) is 23.4 Å². The van der Waals surface area contributed by atoms with E-state index in [0.29, 0.717) is 6.61 Å². The van der Waals surface area contributed by atoms with Crippen LogP contribution in [0, 0.1) is 0 Å². The van der Waals surface area contributed by atoms with Gasteiger partial charge in [0.1, 0.15) is 0 Å². The quantitative estimate of drug-likeness (QED) is 0.858. The topological polar surface area (TPSA) is 38.3 Å². The number of halogens is 1. The zero-order valence-electron chi connectivity index (χ0n) is 9.64. The molecule has 0 unspecified atom stereocenters. The van der Waals surface area contributed by atoms with Crippen molar-refractivity contribution in [3.05, 3.63) is 29.8 Å². The lowest BCUT2D eigenvalue weighted by molar-refractivity contribution is 0.115. The summed E-state index contributed by atoms with van der Waals surface area (Å²) in [6, 6.07) is 8.46. The summed E-state index contributed by atoms with van der Waals surface area (Å²) < 4.78 is 4.84. The van der Waals surface area contributed by atoms with Crippen LogP contribution in [-0.4, -0.2) is 18.5 Å². The Kier molecular flexibility index (Phi) is 5.65. The highest BCUT2D eigenvalue weighted by Crippen LogP contribution is 2.23. The lowest BCUT2D eigenvalue weighted by Crippen LogP contribution is -2.35. The smallest absolute Gasteiger partial charge is 0.407 e. The lowest BCUT2D eigenvalue weighted by Gasteiger charge is -2.23. The average Bonchev–Trinajstić information content (AvgIpc) is 2.30. The summed E-state index contributed by atoms with van der Waals surface area (Å²) in [6.45, 7) is 2.64. The molecular formula is C12H16ClNO2S. The van der Waals surface area contributed by atoms with Crippen molar-refractivity contribution in [2.24, 2.45) is 0 Å². The Morgan fingerprint density at radius 1 is 1.41 bits per heavy atom. The number of carbonyl (C=O) groups excluding carboxylic acids is 1. The number of ether oxygens (including phenoxy) is 1. The summed E-state index contributed by atoms with van der Waals surface area (Å²) in [5, 5.41) is 2.82. The molecule has 0 bridgehead atoms. The first-order valence-electron chi connectivity index (χ1n) is 5.45. The molecule has 2 rings (SSSR count). The van der Waals surface area contributed by atoms with E-state index in [1.165, 1.54) is 4.90 Å². The standard InChI is InChI=1S/C12H15NO2S.ClH/c1-2-16-10-5-3-9(4-6-10)11-7-8-15-12(14)13-11;/h3-6,11H,2,7-8H2,1H3,(H,13,14);1H/t11-;/m0./s1. The molecule has 0 saturated carbocycles. The highest BCUT2D eigenvalue weighted by molar-refractivity contribution is 7.99. The fourth-order valence-electron chi connectivity index (χ4n) is 1.74. The van der Waals surface area contributed by atoms with Crippen LogP contribution in [0.1, 0.15) is 24.9 Å². The summed E-state index contributed by atoms with van der Waals surface area (Å²) in [4.78, 5) is 12.3. The number of rotatable bonds is 3. The number of alkyl carbamates (subject to hydrolysis) is 1. The molecule has 1 amide bonds. The normalized spacial score (nSPS) is 18.9. The first-order valence-corrected chi connectivity index (χ1v) is 6.44. The van der Waals surface area contributed by atoms with Crippen LogP contribution in [0.2, 0.25) is 0 Å². The molecule has 3 nitrogen and oxygen atoms in total. The second-order valence-corrected chi connectivity index (χ2v) is 4.96. The monoisotopic (exact) mass is 273 g/mol. The van der Waals surface area contributed by atoms with E-state index in [9.17, 15) is 4.79 Å². The van der Waals surface area contributed by atoms with E-state index >= 15 is 0 Å². The van der Waals surface area contributed by atoms with E-state index in [1.807, 2.05) is 11.8 Å². The van der Waals surface area contributed by atoms with Gasteiger partial charge in [0.05, 0.1) is 12.6 Å². The number of thioether (sulfide) groups is 1. The van der Waals surface area contributed by atoms with Crippen molar-refractivity contribution in [3.63, 3.8) is 0 Å². The first-order chi connectivity index (χ1) is 7.79. The van der Waals surface area contributed by atoms with Crippen molar-refractivity contribution >= 4 is 30.3 Å². The van der Waals surface area contributed by atoms with Crippen molar-refractivity contribution < 1.29 is 9.53 Å². The van der Waals surface area contributed by atoms with Gasteiger partial charge < -0.3 is 10.1 Å². The van der Waals surface area contributed by atoms with Gasteiger partial charge >= 0.3 is 6.09 Å². The number of benzene rings is 1. The Morgan fingerprint density at radius 3 is 2.71 bits per heavy atom. The second-order valence-electron chi connectivity index (χ2n) is 3.62. The van der Waals surface area contributed by atoms with Crippen LogP contribution in [0.3, 0.4) is 0 Å². The molecular weight excluding hydrogens is 258 g/mol. The van der Waals surface area contributed by atoms with E-state index in [2.05, 4.69) is 36.5 Å². The predicted octanol–water partition coefficient (Wildman–Crippen LogP) is 3.39. The number of amides is 1. The van der Waals surface area contributed by atoms with Crippen LogP contribution >= 0.6 is 24.2 Å². The minimum Gasteiger partial charge on any atom is -0.449 e. The summed E-state index contributed by atoms with van der Waals surface area (Å²) in [5.41, 5.74) is 1.15. The fourth-order valence-corrected chi connectivity index (χ4v) is 2.40. The van der Waals surface area contributed by atoms with Gasteiger partial charge in [-0.1, -0.05) is 19.1 Å². The largest absolute Gasteiger partial charge is 0.449 e. The van der Waals surface area contributed by atoms with Gasteiger partial charge in [0, 0.05) is 11.3 Å². The SMILES string of the molecule is CCSc1ccc([C@@H]2CCOC(=O)N2)cc1.Cl. The summed E-state index contributed by atoms with van der Waals surface area (Å²) >= 11 is 1.82. The van der Waals surface area contributed by atoms with Gasteiger partial charge in [-0.25, -0.2) is 4.79 Å². The molecule has 1 fully saturated rings. The van der Waals surface area contributed by atoms with Gasteiger partial charge in [-0.3, -0.25) is 0 Å². The highest BCUT2D eigenvalue weighted by Gasteiger charge is 2.20. The zero-order chi connectivity index (χ0) is 11.4. The molecule has 0 aromatic heterocycles. The fraction of sp³-hybridized carbons (Fsp3) is 0.417. The third kappa shape index (κ3) is 3.82. The van der Waals surface area contributed by atoms with Crippen molar-refractivity contribution in [3.8, 4) is 0 Å². The lowest BCUT2D eigenvalue weighted by atomic mass is 10.0. The Labute approximate surface area is 112 Å². The van der Waals surface area contributed by atoms with Crippen LogP contribution in [-0.2, 0) is 4.74 Å². The summed E-state index contributed by atoms with van der Waals surface area (Å²) in [7, 11) is 0. The van der Waals surface area contributed by atoms with Crippen molar-refractivity contribution in [2.75, 3.05) is 12.4 Å². The Hall–Kier alpha value is -0.870. The average molecular weight is 274 g/mol. The third-order valence-electron chi connectivity index (χ3n) is 2.53. The number of hydrogen-bond acceptors (Lipinski definition) is 3. The minimum absolute atomic E-state index is 0. The van der Waals surface area contributed by atoms with Crippen LogP contribution in [0.4, 0.5) is 4.79 Å². The van der Waals surface area contributed by atoms with Gasteiger partial charge in [0.25, 0.3) is 0 Å². The maximum Gasteiger partial charge on any atom is 0.407 e. The van der Waals surface area contributed by atoms with Gasteiger partial charge in [-0.2, -0.15) is 0 Å². The van der Waals surface area contributed by atoms with E-state index in [-0.39, 0.29) is 24.5 Å². The van der Waals surface area contributed by atoms with E-state index in [1.54, 1.807) is 0 Å². The molecule has 1 aliphatic heterocycles. The highest BCUT2D eigenvalue weighted by atomic mass is 35.5. The summed E-state index contributed by atoms with van der Waals surface area (Å²) in [5.74, 6) is 1.08. The van der Waals surface area contributed by atoms with Crippen molar-refractivity contribution in [2.45, 2.75) is 24.3 Å². The van der Waals surface area contributed by atoms with Crippen molar-refractivity contribution in [1.29, 1.82) is 0 Å². The van der Waals surface area contributed by atoms with Gasteiger partial charge in [0.15, 0.2) is 0 Å². The van der Waals surface area contributed by atoms with E-state index in [0.717, 1.165) is 17.7 Å². The molecule has 1 heterocycles. The molecule has 0 spiro atoms. The molecule has 1 aromatic carbocycles. The molecule has 94 valence electrons. The Bertz CT molecular complexity index is 369. The first kappa shape index (κ1) is 14.2. The maximum absolute atomic E-state index is 11.1. The molecule has 1 aromatic rings. The number of nitrogens with one attached hydrogen (secondary N) is 1. The predicted molar refractivity (Wildman–Crippen MR) is 71.9 cm³/mol. The number of cyclic esters (lactones) is 1. The molecule has 1 saturated heterocycles. The molecule has 1 aliphatic rings. The molecule has 0 aliphatic carbocycles. The number of carbonyl (C=O) groups is 1. The van der Waals surface area contributed by atoms with Crippen LogP contribution in [0.15, 0.2) is 29.2 Å². The summed E-state index contributed by atoms with van der Waals surface area (Å²) in [6.07, 6.45) is 0.523. The minimum atomic E-state index is -0.316. The van der Waals surface area contributed by atoms with Gasteiger partial charge in [0.2, 0.25) is 0 Å². The molecule has 17 heavy (non-hydrogen) atoms. The van der Waals surface area contributed by atoms with E-state index in [4.69, 9.17) is 4.74 Å². The Balaban J connectivity index is 0.00000144. The van der Waals surface area contributed by atoms with Crippen LogP contribution in [0.5, 0.6) is 0 Å². The maximum atomic E-state index is 11.1. The second kappa shape index (κ2) is 6.77. The number of hydrogen-bond donors (Lipinski definition) is 1. The zero-order valence-corrected chi connectivity index (χ0v) is 11.3. The van der Waals surface area contributed by atoms with Crippen molar-refractivity contribution in [1.82, 2.24) is 5.32 Å². The molecule has 1 N–H and O–H groups in total. The van der Waals surface area contributed by atoms with Gasteiger partial charge in [-0.15, -0.1) is 24.2 Å². The van der Waals surface area contributed by atoms with Crippen LogP contribution in [0.25, 0.3) is 0 Å². The third-order valence-corrected chi connectivity index (χ3v) is 3.42. The Morgan fingerprint density at radius 2 is 2.12 bits per heavy atom. The molecule has 1 atom stereocenters. The van der Waals surface area contributed by atoms with E-state index < -0.39 is 0 Å². The molecule has 5 heteroatoms. The van der Waals surface area contributed by atoms with Crippen LogP contribution < -0.4 is 5.32 Å². The molecule has 0 radical (unpaired) electrons.